The molecule has 1 aliphatic carbocycles. The zero-order chi connectivity index (χ0) is 21.2. The number of thioether (sulfide) groups is 1. The first kappa shape index (κ1) is 20.6. The number of aromatic hydroxyl groups is 1. The van der Waals surface area contributed by atoms with Crippen molar-refractivity contribution in [3.8, 4) is 5.75 Å². The molecule has 0 spiro atoms. The molecule has 1 atom stereocenters. The molecule has 2 aliphatic rings. The van der Waals surface area contributed by atoms with E-state index >= 15 is 0 Å². The first-order valence-corrected chi connectivity index (χ1v) is 10.6. The van der Waals surface area contributed by atoms with Crippen LogP contribution in [0.3, 0.4) is 0 Å². The molecule has 140 valence electrons. The van der Waals surface area contributed by atoms with Crippen molar-refractivity contribution in [2.75, 3.05) is 0 Å². The zero-order valence-corrected chi connectivity index (χ0v) is 18.9. The number of hydrogen-bond donors (Lipinski definition) is 2. The van der Waals surface area contributed by atoms with Crippen molar-refractivity contribution in [1.82, 2.24) is 15.0 Å². The van der Waals surface area contributed by atoms with E-state index < -0.39 is 0 Å². The first-order valence-electron chi connectivity index (χ1n) is 9.02. The van der Waals surface area contributed by atoms with Gasteiger partial charge in [0.2, 0.25) is 10.6 Å². The molecule has 0 radical (unpaired) electrons. The Hall–Kier alpha value is -1.70. The van der Waals surface area contributed by atoms with Crippen LogP contribution in [0.1, 0.15) is 17.3 Å². The summed E-state index contributed by atoms with van der Waals surface area (Å²) in [6, 6.07) is 0. The number of halogens is 2. The average Bonchev–Trinajstić information content (AvgIpc) is 2.98. The van der Waals surface area contributed by atoms with Gasteiger partial charge in [-0.25, -0.2) is 0 Å². The van der Waals surface area contributed by atoms with Gasteiger partial charge in [-0.3, -0.25) is 0 Å². The number of aromatic nitrogens is 3. The Balaban J connectivity index is 2.09. The number of benzene rings is 1. The highest BCUT2D eigenvalue weighted by Crippen LogP contribution is 2.53. The molecule has 4 rings (SSSR count). The lowest BCUT2D eigenvalue weighted by Crippen LogP contribution is -2.35. The molecule has 2 aromatic rings. The van der Waals surface area contributed by atoms with Crippen LogP contribution in [0.2, 0.25) is 10.6 Å². The van der Waals surface area contributed by atoms with Gasteiger partial charge in [0, 0.05) is 15.7 Å². The number of hydrogen-bond acceptors (Lipinski definition) is 6. The molecule has 2 N–H and O–H groups in total. The van der Waals surface area contributed by atoms with Gasteiger partial charge in [-0.15, -0.1) is 0 Å². The second-order valence-electron chi connectivity index (χ2n) is 7.31. The van der Waals surface area contributed by atoms with Crippen molar-refractivity contribution in [2.24, 2.45) is 0 Å². The van der Waals surface area contributed by atoms with E-state index in [4.69, 9.17) is 23.2 Å². The number of nitrogens with zero attached hydrogens (tertiary/aromatic N) is 3. The van der Waals surface area contributed by atoms with Crippen LogP contribution >= 0.6 is 35.0 Å². The summed E-state index contributed by atoms with van der Waals surface area (Å²) < 4.78 is 0. The quantitative estimate of drug-likeness (QED) is 0.470. The second kappa shape index (κ2) is 7.22. The van der Waals surface area contributed by atoms with Gasteiger partial charge in [0.15, 0.2) is 5.82 Å². The minimum atomic E-state index is -0.100. The maximum absolute atomic E-state index is 11.1. The van der Waals surface area contributed by atoms with Crippen LogP contribution in [-0.2, 0) is 0 Å². The molecule has 0 saturated heterocycles. The van der Waals surface area contributed by atoms with Gasteiger partial charge in [-0.1, -0.05) is 39.7 Å². The maximum Gasteiger partial charge on any atom is 0.227 e. The van der Waals surface area contributed by atoms with E-state index in [9.17, 15) is 10.2 Å². The number of rotatable bonds is 1. The van der Waals surface area contributed by atoms with Gasteiger partial charge < -0.3 is 10.2 Å². The van der Waals surface area contributed by atoms with Crippen molar-refractivity contribution in [3.05, 3.63) is 49.6 Å². The Kier molecular flexibility index (Phi) is 5.12. The Morgan fingerprint density at radius 3 is 2.14 bits per heavy atom. The smallest absolute Gasteiger partial charge is 0.227 e. The van der Waals surface area contributed by atoms with Crippen molar-refractivity contribution < 1.29 is 10.2 Å². The van der Waals surface area contributed by atoms with Crippen LogP contribution in [0.4, 0.5) is 0 Å². The van der Waals surface area contributed by atoms with E-state index in [1.807, 2.05) is 39.2 Å². The number of allylic oxidation sites excluding steroid dienone is 5. The highest BCUT2D eigenvalue weighted by molar-refractivity contribution is 8.04. The van der Waals surface area contributed by atoms with Gasteiger partial charge in [0.1, 0.15) is 50.7 Å². The molecule has 1 aromatic carbocycles. The molecular formula is C16H14B5Cl2N3O2S. The molecule has 1 aliphatic heterocycles. The highest BCUT2D eigenvalue weighted by Gasteiger charge is 2.37. The molecule has 2 heterocycles. The fraction of sp³-hybridized carbons (Fsp3) is 0.0625. The minimum absolute atomic E-state index is 0.0367. The maximum atomic E-state index is 11.1. The van der Waals surface area contributed by atoms with Crippen molar-refractivity contribution in [3.63, 3.8) is 0 Å². The predicted molar refractivity (Wildman–Crippen MR) is 133 cm³/mol. The molecule has 0 bridgehead atoms. The molecular weight excluding hydrogens is 423 g/mol. The second-order valence-corrected chi connectivity index (χ2v) is 9.03. The van der Waals surface area contributed by atoms with Gasteiger partial charge in [0.05, 0.1) is 5.57 Å². The number of phenolic OH excluding ortho intramolecular Hbond substituents is 1. The lowest BCUT2D eigenvalue weighted by Gasteiger charge is -2.17. The lowest BCUT2D eigenvalue weighted by molar-refractivity contribution is 0.435. The summed E-state index contributed by atoms with van der Waals surface area (Å²) in [6.07, 6.45) is 2.14. The van der Waals surface area contributed by atoms with Crippen LogP contribution < -0.4 is 16.4 Å². The fourth-order valence-corrected chi connectivity index (χ4v) is 5.66. The summed E-state index contributed by atoms with van der Waals surface area (Å²) in [5.41, 5.74) is 6.03. The summed E-state index contributed by atoms with van der Waals surface area (Å²) in [6.45, 7) is 0. The summed E-state index contributed by atoms with van der Waals surface area (Å²) in [4.78, 5) is 14.2. The van der Waals surface area contributed by atoms with E-state index in [0.717, 1.165) is 42.7 Å². The Bertz CT molecular complexity index is 1180. The van der Waals surface area contributed by atoms with E-state index in [0.29, 0.717) is 11.3 Å². The summed E-state index contributed by atoms with van der Waals surface area (Å²) >= 11 is 13.6. The topological polar surface area (TPSA) is 79.1 Å². The standard InChI is InChI=1S/C16H14B5Cl2N3O2S/c17-3-1-2-4-7(19)8(20)11(28)9(21)13(4)29-12(2)5(10(27)6(3)18)14-24-15(22)26-16(23)25-14/h1-2,27-28H,17-21H2. The SMILES string of the molecule is BC1=CC2C(=C(c3nc(Cl)nc(Cl)n3)C(O)=C1B)Sc1c(B)c(O)c(B)c(B)c12. The Labute approximate surface area is 187 Å². The minimum Gasteiger partial charge on any atom is -0.509 e. The van der Waals surface area contributed by atoms with Crippen LogP contribution in [0.5, 0.6) is 5.75 Å². The molecule has 0 amide bonds. The van der Waals surface area contributed by atoms with Crippen molar-refractivity contribution in [2.45, 2.75) is 10.8 Å². The molecule has 13 heteroatoms. The third kappa shape index (κ3) is 3.14. The normalized spacial score (nSPS) is 18.4. The predicted octanol–water partition coefficient (Wildman–Crippen LogP) is -2.81. The van der Waals surface area contributed by atoms with Gasteiger partial charge in [-0.2, -0.15) is 15.0 Å². The monoisotopic (exact) mass is 437 g/mol. The van der Waals surface area contributed by atoms with Gasteiger partial charge in [0.25, 0.3) is 0 Å². The number of aliphatic hydroxyl groups excluding tert-OH is 1. The largest absolute Gasteiger partial charge is 0.509 e. The van der Waals surface area contributed by atoms with E-state index in [1.54, 1.807) is 0 Å². The van der Waals surface area contributed by atoms with E-state index in [1.165, 1.54) is 11.8 Å². The molecule has 0 fully saturated rings. The number of fused-ring (bicyclic) bond motifs is 3. The van der Waals surface area contributed by atoms with Gasteiger partial charge >= 0.3 is 0 Å². The summed E-state index contributed by atoms with van der Waals surface area (Å²) in [5, 5.41) is 21.6. The summed E-state index contributed by atoms with van der Waals surface area (Å²) in [7, 11) is 9.68. The number of aliphatic hydroxyl groups is 1. The van der Waals surface area contributed by atoms with Crippen LogP contribution in [-0.4, -0.2) is 64.4 Å². The van der Waals surface area contributed by atoms with Crippen molar-refractivity contribution in [1.29, 1.82) is 0 Å². The zero-order valence-electron chi connectivity index (χ0n) is 16.6. The molecule has 0 saturated carbocycles. The Morgan fingerprint density at radius 1 is 0.897 bits per heavy atom. The van der Waals surface area contributed by atoms with Crippen LogP contribution in [0.15, 0.2) is 32.6 Å². The Morgan fingerprint density at radius 2 is 1.52 bits per heavy atom. The molecule has 5 nitrogen and oxygen atoms in total. The van der Waals surface area contributed by atoms with E-state index in [2.05, 4.69) is 21.0 Å². The molecule has 29 heavy (non-hydrogen) atoms. The third-order valence-electron chi connectivity index (χ3n) is 5.72. The number of phenols is 1. The van der Waals surface area contributed by atoms with Crippen LogP contribution in [0.25, 0.3) is 5.57 Å². The first-order chi connectivity index (χ1) is 13.6. The summed E-state index contributed by atoms with van der Waals surface area (Å²) in [5.74, 6) is 0.518. The average molecular weight is 437 g/mol. The van der Waals surface area contributed by atoms with E-state index in [-0.39, 0.29) is 28.1 Å². The third-order valence-corrected chi connectivity index (χ3v) is 7.46. The fourth-order valence-electron chi connectivity index (χ4n) is 3.84. The lowest BCUT2D eigenvalue weighted by atomic mass is 9.69. The highest BCUT2D eigenvalue weighted by atomic mass is 35.5. The molecule has 1 aromatic heterocycles. The van der Waals surface area contributed by atoms with Gasteiger partial charge in [-0.05, 0) is 34.2 Å². The molecule has 1 unspecified atom stereocenters. The van der Waals surface area contributed by atoms with Crippen molar-refractivity contribution >= 4 is 96.2 Å². The van der Waals surface area contributed by atoms with Crippen LogP contribution in [0, 0.1) is 0 Å².